The van der Waals surface area contributed by atoms with Crippen LogP contribution in [0.5, 0.6) is 5.88 Å². The Morgan fingerprint density at radius 2 is 2.04 bits per heavy atom. The second-order valence-corrected chi connectivity index (χ2v) is 9.32. The molecule has 4 aliphatic rings. The van der Waals surface area contributed by atoms with Crippen LogP contribution in [-0.4, -0.2) is 21.9 Å². The summed E-state index contributed by atoms with van der Waals surface area (Å²) in [6, 6.07) is 5.63. The third-order valence-electron chi connectivity index (χ3n) is 8.16. The highest BCUT2D eigenvalue weighted by Gasteiger charge is 2.55. The van der Waals surface area contributed by atoms with Crippen molar-refractivity contribution in [2.75, 3.05) is 0 Å². The van der Waals surface area contributed by atoms with Gasteiger partial charge in [0.2, 0.25) is 5.88 Å². The number of pyridine rings is 1. The molecule has 4 nitrogen and oxygen atoms in total. The summed E-state index contributed by atoms with van der Waals surface area (Å²) in [6.45, 7) is 2.36. The highest BCUT2D eigenvalue weighted by Crippen LogP contribution is 2.61. The lowest BCUT2D eigenvalue weighted by molar-refractivity contribution is -0.0526. The van der Waals surface area contributed by atoms with E-state index in [9.17, 15) is 5.11 Å². The molecule has 144 valence electrons. The summed E-state index contributed by atoms with van der Waals surface area (Å²) in [6.07, 6.45) is 13.4. The Balaban J connectivity index is 1.32. The van der Waals surface area contributed by atoms with E-state index < -0.39 is 0 Å². The van der Waals surface area contributed by atoms with Crippen LogP contribution in [0.2, 0.25) is 0 Å². The van der Waals surface area contributed by atoms with Crippen molar-refractivity contribution >= 4 is 5.71 Å². The van der Waals surface area contributed by atoms with Crippen LogP contribution in [0.25, 0.3) is 0 Å². The minimum atomic E-state index is -0.0748. The number of hydrogen-bond acceptors (Lipinski definition) is 4. The Kier molecular flexibility index (Phi) is 4.34. The van der Waals surface area contributed by atoms with E-state index in [0.717, 1.165) is 42.2 Å². The minimum absolute atomic E-state index is 0.0748. The van der Waals surface area contributed by atoms with Gasteiger partial charge in [0.15, 0.2) is 0 Å². The third-order valence-corrected chi connectivity index (χ3v) is 8.16. The summed E-state index contributed by atoms with van der Waals surface area (Å²) in [5.74, 6) is 3.63. The second kappa shape index (κ2) is 6.73. The molecule has 0 radical (unpaired) electrons. The third kappa shape index (κ3) is 2.93. The average molecular weight is 367 g/mol. The van der Waals surface area contributed by atoms with Crippen LogP contribution in [0.3, 0.4) is 0 Å². The lowest BCUT2D eigenvalue weighted by Crippen LogP contribution is -2.47. The van der Waals surface area contributed by atoms with Crippen LogP contribution >= 0.6 is 0 Å². The largest absolute Gasteiger partial charge is 0.393 e. The fraction of sp³-hybridized carbons (Fsp3) is 0.652. The van der Waals surface area contributed by atoms with Gasteiger partial charge in [0, 0.05) is 12.3 Å². The molecule has 0 bridgehead atoms. The van der Waals surface area contributed by atoms with Crippen molar-refractivity contribution < 1.29 is 9.94 Å². The average Bonchev–Trinajstić information content (AvgIpc) is 3.01. The predicted molar refractivity (Wildman–Crippen MR) is 105 cm³/mol. The lowest BCUT2D eigenvalue weighted by atomic mass is 9.52. The summed E-state index contributed by atoms with van der Waals surface area (Å²) in [4.78, 5) is 9.69. The van der Waals surface area contributed by atoms with Crippen molar-refractivity contribution in [2.24, 2.45) is 34.2 Å². The van der Waals surface area contributed by atoms with Gasteiger partial charge < -0.3 is 9.94 Å². The van der Waals surface area contributed by atoms with Gasteiger partial charge >= 0.3 is 0 Å². The van der Waals surface area contributed by atoms with Gasteiger partial charge in [-0.15, -0.1) is 0 Å². The maximum atomic E-state index is 10.5. The molecule has 3 saturated carbocycles. The zero-order chi connectivity index (χ0) is 18.4. The molecule has 1 heterocycles. The van der Waals surface area contributed by atoms with E-state index >= 15 is 0 Å². The number of fused-ring (bicyclic) bond motifs is 5. The molecular formula is C23H30N2O2. The topological polar surface area (TPSA) is 54.7 Å². The highest BCUT2D eigenvalue weighted by atomic mass is 16.6. The monoisotopic (exact) mass is 366 g/mol. The maximum Gasteiger partial charge on any atom is 0.248 e. The Labute approximate surface area is 161 Å². The standard InChI is InChI=1S/C23H30N2O2/c1-23-12-11-18-17-8-6-16(25-27-22-4-2-3-13-24-22)14-15(17)5-7-19(18)20(23)9-10-21(23)26/h2-4,13-14,17-21,26H,5-12H2,1H3/b25-16+/t17-,18+,19+,20-,21-,23-/m0/s1. The highest BCUT2D eigenvalue weighted by molar-refractivity contribution is 5.96. The van der Waals surface area contributed by atoms with Crippen molar-refractivity contribution in [2.45, 2.75) is 64.4 Å². The molecule has 5 rings (SSSR count). The summed E-state index contributed by atoms with van der Waals surface area (Å²) in [7, 11) is 0. The molecule has 0 unspecified atom stereocenters. The predicted octanol–water partition coefficient (Wildman–Crippen LogP) is 4.75. The molecule has 1 aromatic rings. The summed E-state index contributed by atoms with van der Waals surface area (Å²) in [5, 5.41) is 14.9. The van der Waals surface area contributed by atoms with Crippen molar-refractivity contribution in [1.29, 1.82) is 0 Å². The van der Waals surface area contributed by atoms with Crippen molar-refractivity contribution in [1.82, 2.24) is 4.98 Å². The number of aliphatic hydroxyl groups is 1. The lowest BCUT2D eigenvalue weighted by Gasteiger charge is -2.53. The fourth-order valence-corrected chi connectivity index (χ4v) is 6.74. The first-order chi connectivity index (χ1) is 13.1. The zero-order valence-corrected chi connectivity index (χ0v) is 16.2. The molecule has 0 spiro atoms. The zero-order valence-electron chi connectivity index (χ0n) is 16.2. The van der Waals surface area contributed by atoms with Gasteiger partial charge in [-0.3, -0.25) is 0 Å². The van der Waals surface area contributed by atoms with Crippen LogP contribution in [0, 0.1) is 29.1 Å². The van der Waals surface area contributed by atoms with Gasteiger partial charge in [0.05, 0.1) is 11.8 Å². The molecule has 0 aromatic carbocycles. The van der Waals surface area contributed by atoms with Crippen LogP contribution in [0.4, 0.5) is 0 Å². The van der Waals surface area contributed by atoms with Gasteiger partial charge in [0.25, 0.3) is 0 Å². The molecular weight excluding hydrogens is 336 g/mol. The number of aromatic nitrogens is 1. The van der Waals surface area contributed by atoms with Crippen molar-refractivity contribution in [3.05, 3.63) is 36.0 Å². The normalized spacial score (nSPS) is 42.1. The van der Waals surface area contributed by atoms with E-state index in [1.54, 1.807) is 11.8 Å². The number of rotatable bonds is 2. The van der Waals surface area contributed by atoms with E-state index in [1.807, 2.05) is 18.2 Å². The molecule has 6 atom stereocenters. The number of allylic oxidation sites excluding steroid dienone is 2. The van der Waals surface area contributed by atoms with E-state index in [4.69, 9.17) is 4.84 Å². The molecule has 1 N–H and O–H groups in total. The van der Waals surface area contributed by atoms with Crippen LogP contribution in [0.15, 0.2) is 41.2 Å². The second-order valence-electron chi connectivity index (χ2n) is 9.32. The van der Waals surface area contributed by atoms with E-state index in [2.05, 4.69) is 23.1 Å². The quantitative estimate of drug-likeness (QED) is 0.769. The molecule has 3 fully saturated rings. The summed E-state index contributed by atoms with van der Waals surface area (Å²) >= 11 is 0. The van der Waals surface area contributed by atoms with Crippen molar-refractivity contribution in [3.63, 3.8) is 0 Å². The first kappa shape index (κ1) is 17.4. The number of hydrogen-bond donors (Lipinski definition) is 1. The van der Waals surface area contributed by atoms with Gasteiger partial charge in [-0.25, -0.2) is 4.98 Å². The number of aliphatic hydroxyl groups excluding tert-OH is 1. The Bertz CT molecular complexity index is 759. The summed E-state index contributed by atoms with van der Waals surface area (Å²) < 4.78 is 0. The number of nitrogens with zero attached hydrogens (tertiary/aromatic N) is 2. The fourth-order valence-electron chi connectivity index (χ4n) is 6.74. The smallest absolute Gasteiger partial charge is 0.248 e. The van der Waals surface area contributed by atoms with E-state index in [1.165, 1.54) is 38.5 Å². The summed E-state index contributed by atoms with van der Waals surface area (Å²) in [5.41, 5.74) is 2.83. The Morgan fingerprint density at radius 1 is 1.11 bits per heavy atom. The van der Waals surface area contributed by atoms with Gasteiger partial charge in [0.1, 0.15) is 0 Å². The minimum Gasteiger partial charge on any atom is -0.393 e. The van der Waals surface area contributed by atoms with E-state index in [-0.39, 0.29) is 11.5 Å². The first-order valence-electron chi connectivity index (χ1n) is 10.7. The Hall–Kier alpha value is -1.68. The SMILES string of the molecule is C[C@]12CC[C@H]3[C@@H](CCC4=C/C(=N/Oc5ccccn5)CC[C@@H]43)[C@@H]1CC[C@@H]2O. The number of oxime groups is 1. The Morgan fingerprint density at radius 3 is 2.89 bits per heavy atom. The van der Waals surface area contributed by atoms with Gasteiger partial charge in [-0.2, -0.15) is 0 Å². The van der Waals surface area contributed by atoms with Crippen LogP contribution in [0.1, 0.15) is 58.3 Å². The van der Waals surface area contributed by atoms with Crippen LogP contribution in [-0.2, 0) is 0 Å². The molecule has 0 amide bonds. The molecule has 0 saturated heterocycles. The first-order valence-corrected chi connectivity index (χ1v) is 10.7. The molecule has 0 aliphatic heterocycles. The van der Waals surface area contributed by atoms with E-state index in [0.29, 0.717) is 5.88 Å². The molecule has 4 heteroatoms. The molecule has 1 aromatic heterocycles. The molecule has 27 heavy (non-hydrogen) atoms. The van der Waals surface area contributed by atoms with Crippen molar-refractivity contribution in [3.8, 4) is 5.88 Å². The maximum absolute atomic E-state index is 10.5. The van der Waals surface area contributed by atoms with Crippen LogP contribution < -0.4 is 4.84 Å². The molecule has 4 aliphatic carbocycles. The van der Waals surface area contributed by atoms with Gasteiger partial charge in [-0.1, -0.05) is 23.7 Å². The van der Waals surface area contributed by atoms with Gasteiger partial charge in [-0.05, 0) is 92.6 Å².